The van der Waals surface area contributed by atoms with Crippen molar-refractivity contribution in [2.75, 3.05) is 38.2 Å². The second kappa shape index (κ2) is 24.2. The Bertz CT molecular complexity index is 3380. The minimum Gasteiger partial charge on any atom is -0.516 e. The van der Waals surface area contributed by atoms with Gasteiger partial charge in [0, 0.05) is 81.8 Å². The number of pyridine rings is 2. The van der Waals surface area contributed by atoms with Crippen molar-refractivity contribution in [2.24, 2.45) is 28.6 Å². The highest BCUT2D eigenvalue weighted by molar-refractivity contribution is 6.32. The zero-order valence-corrected chi connectivity index (χ0v) is 48.1. The molecule has 1 aromatic carbocycles. The van der Waals surface area contributed by atoms with Crippen molar-refractivity contribution >= 4 is 52.1 Å². The topological polar surface area (TPSA) is 319 Å². The number of carbonyl (C=O) groups excluding carboxylic acids is 5. The molecule has 8 rings (SSSR count). The highest BCUT2D eigenvalue weighted by atomic mass is 19.1. The molecule has 2 aliphatic carbocycles. The number of esters is 1. The van der Waals surface area contributed by atoms with E-state index in [1.807, 2.05) is 4.90 Å². The molecule has 3 fully saturated rings. The first-order valence-corrected chi connectivity index (χ1v) is 27.7. The Morgan fingerprint density at radius 1 is 0.928 bits per heavy atom. The van der Waals surface area contributed by atoms with Crippen molar-refractivity contribution in [3.8, 4) is 11.5 Å². The lowest BCUT2D eigenvalue weighted by Crippen LogP contribution is -2.53. The van der Waals surface area contributed by atoms with E-state index in [-0.39, 0.29) is 77.8 Å². The number of nitrogens with zero attached hydrogens (tertiary/aromatic N) is 4. The Balaban J connectivity index is 0.995. The standard InChI is InChI=1S/C60H73FN6O16/c1-27(49(70)44(62)51(72)32(6)54(81-33(7)69)29(3)40(80-10)19-23-68)12-11-13-28(2)57(76)63-45-48(53(74)41-42(52(45)73)50(71)31(5)55-43(41)56(75)60(8,9)82-55)65-20-16-35(17-21-65)64-83-36-18-22-66(25-36)47-30(4)46-37(34-14-15-34)24-38(59(78)79)58(77)67(46)26-39(47)61/h11-13,19,23-24,26-27,29,32,34,36,40,44,49,51,54,68,70-72H,14-18,20-22,25,62H2,1-10H3,(H,63,76)(H,78,79)/b12-11+,23-19+,28-13-/t27-,29+,32+,36?,40-,44+,49-,51-,54+/m0/s1. The molecule has 23 heteroatoms. The highest BCUT2D eigenvalue weighted by Gasteiger charge is 2.50. The fourth-order valence-corrected chi connectivity index (χ4v) is 11.8. The van der Waals surface area contributed by atoms with Gasteiger partial charge < -0.3 is 65.4 Å². The number of rotatable bonds is 20. The number of aromatic nitrogens is 1. The van der Waals surface area contributed by atoms with E-state index in [4.69, 9.17) is 24.8 Å². The van der Waals surface area contributed by atoms with Crippen molar-refractivity contribution in [1.82, 2.24) is 14.6 Å². The number of Topliss-reactive ketones (excluding diaryl/α,β-unsaturated/α-hetero) is 3. The second-order valence-electron chi connectivity index (χ2n) is 22.9. The lowest BCUT2D eigenvalue weighted by atomic mass is 9.81. The lowest BCUT2D eigenvalue weighted by Gasteiger charge is -2.37. The molecule has 5 heterocycles. The van der Waals surface area contributed by atoms with Gasteiger partial charge in [-0.25, -0.2) is 9.18 Å². The molecule has 22 nitrogen and oxygen atoms in total. The summed E-state index contributed by atoms with van der Waals surface area (Å²) in [5.41, 5.74) is 4.77. The van der Waals surface area contributed by atoms with Gasteiger partial charge in [0.15, 0.2) is 11.4 Å². The number of aliphatic hydroxyl groups excluding tert-OH is 3. The van der Waals surface area contributed by atoms with Gasteiger partial charge in [-0.1, -0.05) is 44.2 Å². The largest absolute Gasteiger partial charge is 0.516 e. The third kappa shape index (κ3) is 11.8. The summed E-state index contributed by atoms with van der Waals surface area (Å²) < 4.78 is 34.1. The van der Waals surface area contributed by atoms with Gasteiger partial charge >= 0.3 is 11.9 Å². The number of hydrogen-bond donors (Lipinski definition) is 7. The summed E-state index contributed by atoms with van der Waals surface area (Å²) in [5.74, 6) is -8.48. The first-order valence-electron chi connectivity index (χ1n) is 27.7. The predicted octanol–water partition coefficient (Wildman–Crippen LogP) is 5.62. The number of methoxy groups -OCH3 is 1. The second-order valence-corrected chi connectivity index (χ2v) is 22.9. The number of carboxylic acids is 1. The summed E-state index contributed by atoms with van der Waals surface area (Å²) in [4.78, 5) is 105. The summed E-state index contributed by atoms with van der Waals surface area (Å²) in [6.45, 7) is 14.6. The molecular weight excluding hydrogens is 1080 g/mol. The zero-order chi connectivity index (χ0) is 60.8. The number of piperidine rings is 1. The Hall–Kier alpha value is -7.73. The van der Waals surface area contributed by atoms with Gasteiger partial charge in [-0.3, -0.25) is 33.2 Å². The number of aryl methyl sites for hydroxylation is 1. The number of ketones is 3. The van der Waals surface area contributed by atoms with Crippen molar-refractivity contribution in [2.45, 2.75) is 142 Å². The number of oxime groups is 1. The number of carbonyl (C=O) groups is 6. The number of fused-ring (bicyclic) bond motifs is 4. The van der Waals surface area contributed by atoms with Crippen molar-refractivity contribution in [1.29, 1.82) is 0 Å². The van der Waals surface area contributed by atoms with Gasteiger partial charge in [0.05, 0.1) is 77.0 Å². The number of carboxylic acid groups (broad SMARTS) is 1. The maximum Gasteiger partial charge on any atom is 0.341 e. The number of ether oxygens (including phenoxy) is 3. The number of aromatic hydroxyl groups is 1. The molecular formula is C60H73FN6O16. The number of phenolic OH excluding ortho intramolecular Hbond substituents is 1. The van der Waals surface area contributed by atoms with E-state index in [0.29, 0.717) is 35.3 Å². The Morgan fingerprint density at radius 3 is 2.22 bits per heavy atom. The summed E-state index contributed by atoms with van der Waals surface area (Å²) in [6.07, 6.45) is 5.33. The fraction of sp³-hybridized carbons (Fsp3) is 0.500. The van der Waals surface area contributed by atoms with E-state index in [1.165, 1.54) is 72.1 Å². The Morgan fingerprint density at radius 2 is 1.60 bits per heavy atom. The first kappa shape index (κ1) is 61.3. The van der Waals surface area contributed by atoms with Crippen LogP contribution in [0.1, 0.15) is 145 Å². The smallest absolute Gasteiger partial charge is 0.341 e. The van der Waals surface area contributed by atoms with Gasteiger partial charge in [0.1, 0.15) is 40.7 Å². The molecule has 1 amide bonds. The van der Waals surface area contributed by atoms with Gasteiger partial charge in [-0.2, -0.15) is 0 Å². The first-order chi connectivity index (χ1) is 39.1. The van der Waals surface area contributed by atoms with Crippen LogP contribution >= 0.6 is 0 Å². The van der Waals surface area contributed by atoms with Crippen LogP contribution in [0.15, 0.2) is 69.7 Å². The highest BCUT2D eigenvalue weighted by Crippen LogP contribution is 2.49. The summed E-state index contributed by atoms with van der Waals surface area (Å²) >= 11 is 0. The van der Waals surface area contributed by atoms with Crippen LogP contribution in [-0.4, -0.2) is 151 Å². The van der Waals surface area contributed by atoms with E-state index in [9.17, 15) is 54.3 Å². The number of amides is 1. The number of phenols is 1. The average Bonchev–Trinajstić information content (AvgIpc) is 3.21. The van der Waals surface area contributed by atoms with Crippen LogP contribution in [0.2, 0.25) is 0 Å². The van der Waals surface area contributed by atoms with Crippen LogP contribution in [0.4, 0.5) is 10.1 Å². The maximum absolute atomic E-state index is 16.0. The number of aromatic carboxylic acids is 1. The third-order valence-electron chi connectivity index (χ3n) is 16.7. The van der Waals surface area contributed by atoms with Crippen LogP contribution in [0.25, 0.3) is 5.52 Å². The molecule has 83 heavy (non-hydrogen) atoms. The van der Waals surface area contributed by atoms with Gasteiger partial charge in [0.25, 0.3) is 11.5 Å². The molecule has 1 unspecified atom stereocenters. The van der Waals surface area contributed by atoms with Crippen LogP contribution < -0.4 is 26.2 Å². The SMILES string of the molecule is CO[C@@H](/C=C/O)[C@@H](C)[C@@H](OC(C)=O)[C@H](C)[C@H](O)[C@H](N)[C@@H](O)[C@@H](C)/C=C/C=C(/C)C(=O)NC1=C(N2CCC(=NOC3CCN(c4c(F)cn5c(=O)c(C(=O)O)cc(C6CC6)c5c4C)C3)CC2)C(=O)c2c(c(O)c(C)c3c2C(=O)C(C)(C)O3)C1=O. The molecule has 0 radical (unpaired) electrons. The van der Waals surface area contributed by atoms with Crippen LogP contribution in [0.5, 0.6) is 11.5 Å². The fourth-order valence-electron chi connectivity index (χ4n) is 11.8. The molecule has 3 aromatic rings. The quantitative estimate of drug-likeness (QED) is 0.0237. The molecule has 8 N–H and O–H groups in total. The number of benzene rings is 1. The summed E-state index contributed by atoms with van der Waals surface area (Å²) in [5, 5.41) is 60.5. The van der Waals surface area contributed by atoms with Gasteiger partial charge in [0.2, 0.25) is 17.3 Å². The maximum atomic E-state index is 16.0. The van der Waals surface area contributed by atoms with Crippen LogP contribution in [0.3, 0.4) is 0 Å². The monoisotopic (exact) mass is 1150 g/mol. The Kier molecular flexibility index (Phi) is 17.9. The third-order valence-corrected chi connectivity index (χ3v) is 16.7. The normalized spacial score (nSPS) is 21.1. The molecule has 0 bridgehead atoms. The van der Waals surface area contributed by atoms with E-state index in [2.05, 4.69) is 10.5 Å². The van der Waals surface area contributed by atoms with Crippen LogP contribution in [0, 0.1) is 37.4 Å². The van der Waals surface area contributed by atoms with Gasteiger partial charge in [-0.15, -0.1) is 0 Å². The predicted molar refractivity (Wildman–Crippen MR) is 301 cm³/mol. The molecule has 446 valence electrons. The molecule has 2 saturated heterocycles. The summed E-state index contributed by atoms with van der Waals surface area (Å²) in [7, 11) is 1.41. The van der Waals surface area contributed by atoms with E-state index in [1.54, 1.807) is 32.6 Å². The number of allylic oxidation sites excluding steroid dienone is 4. The minimum atomic E-state index is -1.44. The molecule has 0 spiro atoms. The molecule has 1 saturated carbocycles. The lowest BCUT2D eigenvalue weighted by molar-refractivity contribution is -0.159. The molecule has 3 aliphatic heterocycles. The number of halogens is 1. The van der Waals surface area contributed by atoms with E-state index in [0.717, 1.165) is 29.7 Å². The van der Waals surface area contributed by atoms with Gasteiger partial charge in [-0.05, 0) is 76.6 Å². The molecule has 2 aromatic heterocycles. The number of nitrogens with two attached hydrogens (primary N) is 1. The van der Waals surface area contributed by atoms with Crippen LogP contribution in [-0.2, 0) is 23.9 Å². The van der Waals surface area contributed by atoms with E-state index < -0.39 is 129 Å². The molecule has 5 aliphatic rings. The summed E-state index contributed by atoms with van der Waals surface area (Å²) in [6, 6.07) is 0.152. The zero-order valence-electron chi connectivity index (χ0n) is 48.1. The van der Waals surface area contributed by atoms with Crippen molar-refractivity contribution in [3.63, 3.8) is 0 Å². The van der Waals surface area contributed by atoms with Crippen molar-refractivity contribution < 1.29 is 77.7 Å². The number of hydrogen-bond acceptors (Lipinski definition) is 19. The average molecular weight is 1150 g/mol. The Labute approximate surface area is 478 Å². The van der Waals surface area contributed by atoms with E-state index >= 15 is 9.18 Å². The number of likely N-dealkylation sites (tertiary alicyclic amines) is 1. The number of aliphatic hydroxyl groups is 3. The molecule has 9 atom stereocenters. The van der Waals surface area contributed by atoms with Crippen molar-refractivity contribution in [3.05, 3.63) is 115 Å². The number of anilines is 1. The minimum absolute atomic E-state index is 0.0333. The number of nitrogens with one attached hydrogen (secondary N) is 1.